The molecule has 0 fully saturated rings. The number of carbonyl (C=O) groups is 1. The SMILES string of the molecule is COC(C(=O)c1ccccc1)c1ccccc1. The van der Waals surface area contributed by atoms with E-state index in [2.05, 4.69) is 0 Å². The Morgan fingerprint density at radius 3 is 2.00 bits per heavy atom. The summed E-state index contributed by atoms with van der Waals surface area (Å²) in [5.41, 5.74) is 1.55. The van der Waals surface area contributed by atoms with Crippen molar-refractivity contribution >= 4 is 5.78 Å². The zero-order valence-corrected chi connectivity index (χ0v) is 9.67. The zero-order chi connectivity index (χ0) is 12.1. The summed E-state index contributed by atoms with van der Waals surface area (Å²) in [5.74, 6) is -0.0145. The molecule has 0 heterocycles. The highest BCUT2D eigenvalue weighted by Crippen LogP contribution is 2.21. The summed E-state index contributed by atoms with van der Waals surface area (Å²) in [6.07, 6.45) is -0.529. The lowest BCUT2D eigenvalue weighted by molar-refractivity contribution is 0.0604. The smallest absolute Gasteiger partial charge is 0.196 e. The van der Waals surface area contributed by atoms with Gasteiger partial charge in [0.2, 0.25) is 0 Å². The van der Waals surface area contributed by atoms with Gasteiger partial charge in [-0.15, -0.1) is 0 Å². The van der Waals surface area contributed by atoms with Gasteiger partial charge in [0, 0.05) is 12.7 Å². The van der Waals surface area contributed by atoms with Crippen molar-refractivity contribution < 1.29 is 9.53 Å². The van der Waals surface area contributed by atoms with Crippen LogP contribution in [0.5, 0.6) is 0 Å². The van der Waals surface area contributed by atoms with Crippen LogP contribution in [0, 0.1) is 0 Å². The van der Waals surface area contributed by atoms with Crippen LogP contribution in [0.1, 0.15) is 22.0 Å². The van der Waals surface area contributed by atoms with Crippen molar-refractivity contribution in [3.8, 4) is 0 Å². The number of methoxy groups -OCH3 is 1. The Kier molecular flexibility index (Phi) is 3.68. The summed E-state index contributed by atoms with van der Waals surface area (Å²) in [4.78, 5) is 12.3. The van der Waals surface area contributed by atoms with Crippen LogP contribution < -0.4 is 0 Å². The number of ether oxygens (including phenoxy) is 1. The molecule has 0 aliphatic carbocycles. The molecule has 2 aromatic rings. The second-order valence-electron chi connectivity index (χ2n) is 3.76. The second-order valence-corrected chi connectivity index (χ2v) is 3.76. The predicted molar refractivity (Wildman–Crippen MR) is 67.0 cm³/mol. The summed E-state index contributed by atoms with van der Waals surface area (Å²) in [6, 6.07) is 18.7. The normalized spacial score (nSPS) is 12.1. The molecule has 0 aromatic heterocycles. The minimum atomic E-state index is -0.529. The first kappa shape index (κ1) is 11.6. The summed E-state index contributed by atoms with van der Waals surface area (Å²) >= 11 is 0. The van der Waals surface area contributed by atoms with Gasteiger partial charge < -0.3 is 4.74 Å². The summed E-state index contributed by atoms with van der Waals surface area (Å²) in [5, 5.41) is 0. The van der Waals surface area contributed by atoms with Gasteiger partial charge in [-0.2, -0.15) is 0 Å². The van der Waals surface area contributed by atoms with Crippen LogP contribution in [0.2, 0.25) is 0 Å². The van der Waals surface area contributed by atoms with E-state index in [1.807, 2.05) is 48.5 Å². The first-order valence-electron chi connectivity index (χ1n) is 5.50. The molecular weight excluding hydrogens is 212 g/mol. The van der Waals surface area contributed by atoms with E-state index >= 15 is 0 Å². The third-order valence-corrected chi connectivity index (χ3v) is 2.63. The monoisotopic (exact) mass is 226 g/mol. The molecule has 0 saturated carbocycles. The molecule has 0 aliphatic rings. The van der Waals surface area contributed by atoms with Gasteiger partial charge in [0.25, 0.3) is 0 Å². The van der Waals surface area contributed by atoms with Crippen molar-refractivity contribution in [2.45, 2.75) is 6.10 Å². The summed E-state index contributed by atoms with van der Waals surface area (Å²) in [7, 11) is 1.55. The van der Waals surface area contributed by atoms with Gasteiger partial charge in [-0.25, -0.2) is 0 Å². The Labute approximate surface area is 101 Å². The molecule has 1 unspecified atom stereocenters. The topological polar surface area (TPSA) is 26.3 Å². The van der Waals surface area contributed by atoms with Crippen LogP contribution in [0.4, 0.5) is 0 Å². The minimum Gasteiger partial charge on any atom is -0.369 e. The Hall–Kier alpha value is -1.93. The van der Waals surface area contributed by atoms with Crippen molar-refractivity contribution in [3.05, 3.63) is 71.8 Å². The predicted octanol–water partition coefficient (Wildman–Crippen LogP) is 3.26. The van der Waals surface area contributed by atoms with E-state index in [0.29, 0.717) is 5.56 Å². The average Bonchev–Trinajstić information content (AvgIpc) is 2.42. The Bertz CT molecular complexity index is 477. The van der Waals surface area contributed by atoms with Gasteiger partial charge in [-0.3, -0.25) is 4.79 Å². The average molecular weight is 226 g/mol. The molecule has 0 aliphatic heterocycles. The summed E-state index contributed by atoms with van der Waals surface area (Å²) < 4.78 is 5.30. The highest BCUT2D eigenvalue weighted by molar-refractivity contribution is 6.00. The molecule has 2 nitrogen and oxygen atoms in total. The number of Topliss-reactive ketones (excluding diaryl/α,β-unsaturated/α-hetero) is 1. The zero-order valence-electron chi connectivity index (χ0n) is 9.67. The van der Waals surface area contributed by atoms with Crippen LogP contribution >= 0.6 is 0 Å². The van der Waals surface area contributed by atoms with Gasteiger partial charge in [-0.05, 0) is 5.56 Å². The Morgan fingerprint density at radius 1 is 0.941 bits per heavy atom. The largest absolute Gasteiger partial charge is 0.369 e. The quantitative estimate of drug-likeness (QED) is 0.748. The molecule has 2 heteroatoms. The van der Waals surface area contributed by atoms with Crippen LogP contribution in [-0.4, -0.2) is 12.9 Å². The fourth-order valence-electron chi connectivity index (χ4n) is 1.78. The lowest BCUT2D eigenvalue weighted by atomic mass is 10.00. The van der Waals surface area contributed by atoms with E-state index in [1.54, 1.807) is 19.2 Å². The molecule has 0 amide bonds. The minimum absolute atomic E-state index is 0.0145. The molecule has 0 spiro atoms. The lowest BCUT2D eigenvalue weighted by Crippen LogP contribution is -2.14. The van der Waals surface area contributed by atoms with Gasteiger partial charge in [0.15, 0.2) is 5.78 Å². The molecule has 0 N–H and O–H groups in total. The van der Waals surface area contributed by atoms with Crippen LogP contribution in [-0.2, 0) is 4.74 Å². The fourth-order valence-corrected chi connectivity index (χ4v) is 1.78. The maximum Gasteiger partial charge on any atom is 0.196 e. The Balaban J connectivity index is 2.29. The number of carbonyl (C=O) groups excluding carboxylic acids is 1. The number of hydrogen-bond donors (Lipinski definition) is 0. The third-order valence-electron chi connectivity index (χ3n) is 2.63. The molecule has 2 rings (SSSR count). The summed E-state index contributed by atoms with van der Waals surface area (Å²) in [6.45, 7) is 0. The number of ketones is 1. The number of benzene rings is 2. The van der Waals surface area contributed by atoms with E-state index in [0.717, 1.165) is 5.56 Å². The van der Waals surface area contributed by atoms with E-state index in [9.17, 15) is 4.79 Å². The molecular formula is C15H14O2. The van der Waals surface area contributed by atoms with Crippen LogP contribution in [0.25, 0.3) is 0 Å². The first-order chi connectivity index (χ1) is 8.33. The Morgan fingerprint density at radius 2 is 1.47 bits per heavy atom. The molecule has 86 valence electrons. The highest BCUT2D eigenvalue weighted by atomic mass is 16.5. The molecule has 0 bridgehead atoms. The molecule has 0 saturated heterocycles. The maximum atomic E-state index is 12.3. The maximum absolute atomic E-state index is 12.3. The van der Waals surface area contributed by atoms with Crippen molar-refractivity contribution in [1.29, 1.82) is 0 Å². The first-order valence-corrected chi connectivity index (χ1v) is 5.50. The van der Waals surface area contributed by atoms with E-state index in [1.165, 1.54) is 0 Å². The fraction of sp³-hybridized carbons (Fsp3) is 0.133. The van der Waals surface area contributed by atoms with E-state index < -0.39 is 6.10 Å². The number of rotatable bonds is 4. The third kappa shape index (κ3) is 2.60. The van der Waals surface area contributed by atoms with Gasteiger partial charge in [0.05, 0.1) is 0 Å². The standard InChI is InChI=1S/C15H14O2/c1-17-15(13-10-6-3-7-11-13)14(16)12-8-4-2-5-9-12/h2-11,15H,1H3. The van der Waals surface area contributed by atoms with Gasteiger partial charge in [0.1, 0.15) is 6.10 Å². The molecule has 0 radical (unpaired) electrons. The van der Waals surface area contributed by atoms with Crippen molar-refractivity contribution in [2.24, 2.45) is 0 Å². The lowest BCUT2D eigenvalue weighted by Gasteiger charge is -2.14. The molecule has 2 aromatic carbocycles. The van der Waals surface area contributed by atoms with Crippen molar-refractivity contribution in [3.63, 3.8) is 0 Å². The van der Waals surface area contributed by atoms with E-state index in [4.69, 9.17) is 4.74 Å². The van der Waals surface area contributed by atoms with Gasteiger partial charge in [-0.1, -0.05) is 60.7 Å². The van der Waals surface area contributed by atoms with Crippen LogP contribution in [0.15, 0.2) is 60.7 Å². The van der Waals surface area contributed by atoms with E-state index in [-0.39, 0.29) is 5.78 Å². The number of hydrogen-bond acceptors (Lipinski definition) is 2. The van der Waals surface area contributed by atoms with Crippen molar-refractivity contribution in [2.75, 3.05) is 7.11 Å². The van der Waals surface area contributed by atoms with Gasteiger partial charge >= 0.3 is 0 Å². The second kappa shape index (κ2) is 5.41. The molecule has 1 atom stereocenters. The van der Waals surface area contributed by atoms with Crippen molar-refractivity contribution in [1.82, 2.24) is 0 Å². The molecule has 17 heavy (non-hydrogen) atoms. The van der Waals surface area contributed by atoms with Crippen LogP contribution in [0.3, 0.4) is 0 Å². The highest BCUT2D eigenvalue weighted by Gasteiger charge is 2.20.